The quantitative estimate of drug-likeness (QED) is 0.795. The molecule has 4 nitrogen and oxygen atoms in total. The van der Waals surface area contributed by atoms with Gasteiger partial charge in [-0.1, -0.05) is 24.3 Å². The minimum Gasteiger partial charge on any atom is -0.322 e. The lowest BCUT2D eigenvalue weighted by molar-refractivity contribution is -0.138. The summed E-state index contributed by atoms with van der Waals surface area (Å²) in [6, 6.07) is 7.46. The van der Waals surface area contributed by atoms with Crippen molar-refractivity contribution in [1.82, 2.24) is 4.90 Å². The second-order valence-corrected chi connectivity index (χ2v) is 4.36. The van der Waals surface area contributed by atoms with E-state index in [0.29, 0.717) is 12.8 Å². The van der Waals surface area contributed by atoms with Crippen LogP contribution in [0.4, 0.5) is 0 Å². The summed E-state index contributed by atoms with van der Waals surface area (Å²) in [6.07, 6.45) is 0.638. The van der Waals surface area contributed by atoms with Gasteiger partial charge in [-0.2, -0.15) is 0 Å². The molecule has 1 aromatic rings. The minimum absolute atomic E-state index is 0.112. The first-order valence-corrected chi connectivity index (χ1v) is 5.74. The fraction of sp³-hybridized carbons (Fsp3) is 0.385. The van der Waals surface area contributed by atoms with Crippen LogP contribution in [-0.2, 0) is 9.59 Å². The van der Waals surface area contributed by atoms with Crippen LogP contribution in [0.3, 0.4) is 0 Å². The minimum atomic E-state index is -0.304. The summed E-state index contributed by atoms with van der Waals surface area (Å²) in [4.78, 5) is 24.2. The van der Waals surface area contributed by atoms with Gasteiger partial charge in [0.1, 0.15) is 0 Å². The Labute approximate surface area is 100 Å². The average molecular weight is 232 g/mol. The summed E-state index contributed by atoms with van der Waals surface area (Å²) >= 11 is 0. The summed E-state index contributed by atoms with van der Waals surface area (Å²) < 4.78 is 0. The van der Waals surface area contributed by atoms with Crippen LogP contribution >= 0.6 is 0 Å². The zero-order valence-electron chi connectivity index (χ0n) is 9.85. The van der Waals surface area contributed by atoms with Crippen LogP contribution in [0.1, 0.15) is 30.0 Å². The van der Waals surface area contributed by atoms with Gasteiger partial charge in [0, 0.05) is 25.4 Å². The third-order valence-corrected chi connectivity index (χ3v) is 3.12. The normalized spacial score (nSPS) is 17.6. The molecule has 0 radical (unpaired) electrons. The Kier molecular flexibility index (Phi) is 3.24. The molecule has 0 spiro atoms. The molecule has 1 fully saturated rings. The lowest BCUT2D eigenvalue weighted by Gasteiger charge is -2.20. The van der Waals surface area contributed by atoms with Crippen LogP contribution in [-0.4, -0.2) is 23.3 Å². The highest BCUT2D eigenvalue weighted by atomic mass is 16.2. The Morgan fingerprint density at radius 1 is 1.24 bits per heavy atom. The molecule has 0 saturated carbocycles. The first kappa shape index (κ1) is 11.8. The van der Waals surface area contributed by atoms with E-state index in [-0.39, 0.29) is 24.4 Å². The van der Waals surface area contributed by atoms with Crippen LogP contribution in [0.25, 0.3) is 0 Å². The van der Waals surface area contributed by atoms with E-state index in [4.69, 9.17) is 5.73 Å². The van der Waals surface area contributed by atoms with Gasteiger partial charge in [-0.05, 0) is 18.1 Å². The standard InChI is InChI=1S/C13H16N2O2/c1-9-4-2-3-5-10(9)11(14)8-15-12(16)6-7-13(15)17/h2-5,11H,6-8,14H2,1H3. The van der Waals surface area contributed by atoms with Crippen molar-refractivity contribution in [3.63, 3.8) is 0 Å². The monoisotopic (exact) mass is 232 g/mol. The van der Waals surface area contributed by atoms with E-state index in [9.17, 15) is 9.59 Å². The first-order valence-electron chi connectivity index (χ1n) is 5.74. The molecule has 1 aliphatic heterocycles. The van der Waals surface area contributed by atoms with Crippen LogP contribution in [0.2, 0.25) is 0 Å². The highest BCUT2D eigenvalue weighted by Crippen LogP contribution is 2.19. The Hall–Kier alpha value is -1.68. The summed E-state index contributed by atoms with van der Waals surface area (Å²) in [5, 5.41) is 0. The molecule has 1 saturated heterocycles. The van der Waals surface area contributed by atoms with E-state index in [0.717, 1.165) is 11.1 Å². The average Bonchev–Trinajstić information content (AvgIpc) is 2.61. The molecule has 1 atom stereocenters. The summed E-state index contributed by atoms with van der Waals surface area (Å²) in [5.74, 6) is -0.224. The molecular formula is C13H16N2O2. The number of aryl methyl sites for hydroxylation is 1. The smallest absolute Gasteiger partial charge is 0.229 e. The predicted octanol–water partition coefficient (Wildman–Crippen LogP) is 1.14. The molecule has 0 bridgehead atoms. The van der Waals surface area contributed by atoms with Crippen molar-refractivity contribution in [3.05, 3.63) is 35.4 Å². The van der Waals surface area contributed by atoms with E-state index < -0.39 is 0 Å². The van der Waals surface area contributed by atoms with E-state index in [2.05, 4.69) is 0 Å². The summed E-state index contributed by atoms with van der Waals surface area (Å²) in [7, 11) is 0. The highest BCUT2D eigenvalue weighted by Gasteiger charge is 2.30. The predicted molar refractivity (Wildman–Crippen MR) is 64.1 cm³/mol. The molecule has 17 heavy (non-hydrogen) atoms. The van der Waals surface area contributed by atoms with Crippen molar-refractivity contribution in [2.45, 2.75) is 25.8 Å². The third kappa shape index (κ3) is 2.36. The van der Waals surface area contributed by atoms with Gasteiger partial charge in [0.25, 0.3) is 0 Å². The summed E-state index contributed by atoms with van der Waals surface area (Å²) in [6.45, 7) is 2.26. The van der Waals surface area contributed by atoms with E-state index >= 15 is 0 Å². The van der Waals surface area contributed by atoms with Gasteiger partial charge in [0.2, 0.25) is 11.8 Å². The van der Waals surface area contributed by atoms with E-state index in [1.165, 1.54) is 4.90 Å². The number of amides is 2. The number of rotatable bonds is 3. The van der Waals surface area contributed by atoms with Gasteiger partial charge in [-0.15, -0.1) is 0 Å². The number of imide groups is 1. The molecule has 2 N–H and O–H groups in total. The number of nitrogens with zero attached hydrogens (tertiary/aromatic N) is 1. The molecule has 1 aromatic carbocycles. The molecule has 1 unspecified atom stereocenters. The zero-order valence-corrected chi connectivity index (χ0v) is 9.85. The Morgan fingerprint density at radius 2 is 1.82 bits per heavy atom. The number of likely N-dealkylation sites (tertiary alicyclic amines) is 1. The Morgan fingerprint density at radius 3 is 2.41 bits per heavy atom. The van der Waals surface area contributed by atoms with Gasteiger partial charge in [0.15, 0.2) is 0 Å². The fourth-order valence-corrected chi connectivity index (χ4v) is 2.12. The maximum Gasteiger partial charge on any atom is 0.229 e. The second-order valence-electron chi connectivity index (χ2n) is 4.36. The maximum atomic E-state index is 11.5. The second kappa shape index (κ2) is 4.67. The Bertz CT molecular complexity index is 440. The lowest BCUT2D eigenvalue weighted by atomic mass is 10.0. The molecule has 0 aromatic heterocycles. The van der Waals surface area contributed by atoms with Gasteiger partial charge >= 0.3 is 0 Å². The lowest BCUT2D eigenvalue weighted by Crippen LogP contribution is -2.36. The van der Waals surface area contributed by atoms with Crippen molar-refractivity contribution in [1.29, 1.82) is 0 Å². The van der Waals surface area contributed by atoms with Gasteiger partial charge in [0.05, 0.1) is 0 Å². The van der Waals surface area contributed by atoms with Crippen LogP contribution in [0.5, 0.6) is 0 Å². The third-order valence-electron chi connectivity index (χ3n) is 3.12. The molecule has 0 aliphatic carbocycles. The number of carbonyl (C=O) groups excluding carboxylic acids is 2. The topological polar surface area (TPSA) is 63.4 Å². The van der Waals surface area contributed by atoms with Gasteiger partial charge in [-0.25, -0.2) is 0 Å². The molecule has 2 rings (SSSR count). The zero-order chi connectivity index (χ0) is 12.4. The number of nitrogens with two attached hydrogens (primary N) is 1. The van der Waals surface area contributed by atoms with Crippen molar-refractivity contribution in [2.24, 2.45) is 5.73 Å². The van der Waals surface area contributed by atoms with Crippen LogP contribution < -0.4 is 5.73 Å². The van der Waals surface area contributed by atoms with Crippen molar-refractivity contribution in [2.75, 3.05) is 6.54 Å². The highest BCUT2D eigenvalue weighted by molar-refractivity contribution is 6.01. The molecule has 1 aliphatic rings. The number of hydrogen-bond donors (Lipinski definition) is 1. The van der Waals surface area contributed by atoms with E-state index in [1.54, 1.807) is 0 Å². The van der Waals surface area contributed by atoms with Crippen LogP contribution in [0.15, 0.2) is 24.3 Å². The molecular weight excluding hydrogens is 216 g/mol. The van der Waals surface area contributed by atoms with Gasteiger partial charge < -0.3 is 5.73 Å². The molecule has 4 heteroatoms. The van der Waals surface area contributed by atoms with Crippen molar-refractivity contribution >= 4 is 11.8 Å². The first-order chi connectivity index (χ1) is 8.09. The Balaban J connectivity index is 2.12. The van der Waals surface area contributed by atoms with Crippen molar-refractivity contribution < 1.29 is 9.59 Å². The number of carbonyl (C=O) groups is 2. The maximum absolute atomic E-state index is 11.5. The van der Waals surface area contributed by atoms with Crippen molar-refractivity contribution in [3.8, 4) is 0 Å². The fourth-order valence-electron chi connectivity index (χ4n) is 2.12. The molecule has 1 heterocycles. The van der Waals surface area contributed by atoms with Gasteiger partial charge in [-0.3, -0.25) is 14.5 Å². The SMILES string of the molecule is Cc1ccccc1C(N)CN1C(=O)CCC1=O. The molecule has 2 amide bonds. The number of benzene rings is 1. The largest absolute Gasteiger partial charge is 0.322 e. The number of hydrogen-bond acceptors (Lipinski definition) is 3. The van der Waals surface area contributed by atoms with Crippen LogP contribution in [0, 0.1) is 6.92 Å². The van der Waals surface area contributed by atoms with E-state index in [1.807, 2.05) is 31.2 Å². The summed E-state index contributed by atoms with van der Waals surface area (Å²) in [5.41, 5.74) is 8.12. The molecule has 90 valence electrons.